The van der Waals surface area contributed by atoms with Crippen molar-refractivity contribution < 1.29 is 43.1 Å². The zero-order chi connectivity index (χ0) is 23.9. The molecule has 8 nitrogen and oxygen atoms in total. The Balaban J connectivity index is 1.74. The average molecular weight is 472 g/mol. The highest BCUT2D eigenvalue weighted by molar-refractivity contribution is 7.46. The number of hydrogen-bond acceptors (Lipinski definition) is 6. The number of carbonyl (C=O) groups excluding carboxylic acids is 2. The van der Waals surface area contributed by atoms with Gasteiger partial charge in [-0.3, -0.25) is 14.1 Å². The highest BCUT2D eigenvalue weighted by Gasteiger charge is 2.75. The van der Waals surface area contributed by atoms with Crippen LogP contribution in [-0.4, -0.2) is 55.5 Å². The van der Waals surface area contributed by atoms with E-state index >= 15 is 4.39 Å². The van der Waals surface area contributed by atoms with Gasteiger partial charge in [-0.05, 0) is 56.6 Å². The third-order valence-corrected chi connectivity index (χ3v) is 9.48. The Morgan fingerprint density at radius 2 is 1.97 bits per heavy atom. The Morgan fingerprint density at radius 1 is 1.31 bits per heavy atom. The molecule has 4 aliphatic rings. The summed E-state index contributed by atoms with van der Waals surface area (Å²) in [5, 5.41) is 22.8. The number of carbonyl (C=O) groups is 2. The lowest BCUT2D eigenvalue weighted by molar-refractivity contribution is -0.219. The second-order valence-corrected chi connectivity index (χ2v) is 11.6. The van der Waals surface area contributed by atoms with E-state index in [2.05, 4.69) is 4.52 Å². The number of aliphatic hydroxyl groups excluding tert-OH is 1. The minimum absolute atomic E-state index is 0.211. The standard InChI is InChI=1S/C22H30FO8P/c1-12-8-16-15-5-4-13-9-14(24)6-7-19(13,2)21(15,23)17(25)10-20(16,3)22(12,27)18(26)11-31-32(28,29)30/h6-7,9,12,15-17,25,27H,4-5,8,10-11H2,1-3H3,(H2,28,29,30)/t12-,15-,16-,17-,19?,20-,21-,22-/m0/s1. The molecule has 3 fully saturated rings. The van der Waals surface area contributed by atoms with Gasteiger partial charge in [-0.25, -0.2) is 8.96 Å². The van der Waals surface area contributed by atoms with E-state index in [9.17, 15) is 24.4 Å². The van der Waals surface area contributed by atoms with E-state index in [-0.39, 0.29) is 12.2 Å². The molecule has 0 aromatic rings. The Kier molecular flexibility index (Phi) is 5.34. The van der Waals surface area contributed by atoms with Crippen molar-refractivity contribution in [2.24, 2.45) is 28.6 Å². The van der Waals surface area contributed by atoms with Crippen LogP contribution in [0.4, 0.5) is 4.39 Å². The van der Waals surface area contributed by atoms with Gasteiger partial charge in [-0.1, -0.05) is 25.5 Å². The number of halogens is 1. The van der Waals surface area contributed by atoms with Crippen molar-refractivity contribution in [3.8, 4) is 0 Å². The van der Waals surface area contributed by atoms with Crippen molar-refractivity contribution in [2.75, 3.05) is 6.61 Å². The number of fused-ring (bicyclic) bond motifs is 5. The van der Waals surface area contributed by atoms with Crippen LogP contribution < -0.4 is 0 Å². The summed E-state index contributed by atoms with van der Waals surface area (Å²) in [6, 6.07) is 0. The van der Waals surface area contributed by atoms with Gasteiger partial charge < -0.3 is 20.0 Å². The highest BCUT2D eigenvalue weighted by Crippen LogP contribution is 2.70. The van der Waals surface area contributed by atoms with Gasteiger partial charge in [0.1, 0.15) is 12.2 Å². The summed E-state index contributed by atoms with van der Waals surface area (Å²) in [5.74, 6) is -2.87. The van der Waals surface area contributed by atoms with Gasteiger partial charge in [0.2, 0.25) is 0 Å². The molecule has 178 valence electrons. The number of Topliss-reactive ketones (excluding diaryl/α,β-unsaturated/α-hetero) is 1. The highest BCUT2D eigenvalue weighted by atomic mass is 31.2. The van der Waals surface area contributed by atoms with Gasteiger partial charge in [0.15, 0.2) is 17.2 Å². The molecule has 1 unspecified atom stereocenters. The maximum absolute atomic E-state index is 17.0. The van der Waals surface area contributed by atoms with Crippen LogP contribution in [0.5, 0.6) is 0 Å². The van der Waals surface area contributed by atoms with E-state index in [1.807, 2.05) is 0 Å². The van der Waals surface area contributed by atoms with Gasteiger partial charge in [0, 0.05) is 16.7 Å². The second kappa shape index (κ2) is 7.14. The Labute approximate surface area is 185 Å². The monoisotopic (exact) mass is 472 g/mol. The first-order valence-corrected chi connectivity index (χ1v) is 12.4. The lowest BCUT2D eigenvalue weighted by Gasteiger charge is -2.62. The van der Waals surface area contributed by atoms with Crippen LogP contribution in [0.2, 0.25) is 0 Å². The number of hydrogen-bond donors (Lipinski definition) is 4. The van der Waals surface area contributed by atoms with E-state index in [1.54, 1.807) is 20.8 Å². The first kappa shape index (κ1) is 23.9. The van der Waals surface area contributed by atoms with Gasteiger partial charge in [0.25, 0.3) is 0 Å². The van der Waals surface area contributed by atoms with E-state index < -0.39 is 66.2 Å². The van der Waals surface area contributed by atoms with Crippen molar-refractivity contribution in [3.05, 3.63) is 23.8 Å². The molecular weight excluding hydrogens is 442 g/mol. The van der Waals surface area contributed by atoms with Crippen molar-refractivity contribution >= 4 is 19.4 Å². The first-order valence-electron chi connectivity index (χ1n) is 10.9. The SMILES string of the molecule is C[C@H]1C[C@H]2[C@@H]3CCC4=CC(=O)C=CC4(C)[C@@]3(F)[C@@H](O)C[C@]2(C)[C@@]1(O)C(=O)COP(=O)(O)O. The summed E-state index contributed by atoms with van der Waals surface area (Å²) in [4.78, 5) is 42.8. The fraction of sp³-hybridized carbons (Fsp3) is 0.727. The number of alkyl halides is 1. The van der Waals surface area contributed by atoms with Crippen molar-refractivity contribution in [1.82, 2.24) is 0 Å². The molecule has 10 heteroatoms. The molecule has 4 rings (SSSR count). The smallest absolute Gasteiger partial charge is 0.390 e. The molecule has 0 spiro atoms. The molecule has 8 atom stereocenters. The van der Waals surface area contributed by atoms with Crippen molar-refractivity contribution in [2.45, 2.75) is 63.8 Å². The summed E-state index contributed by atoms with van der Waals surface area (Å²) >= 11 is 0. The van der Waals surface area contributed by atoms with Gasteiger partial charge in [-0.15, -0.1) is 0 Å². The largest absolute Gasteiger partial charge is 0.470 e. The number of phosphoric ester groups is 1. The minimum atomic E-state index is -4.93. The fourth-order valence-electron chi connectivity index (χ4n) is 7.39. The topological polar surface area (TPSA) is 141 Å². The normalized spacial score (nSPS) is 48.0. The maximum atomic E-state index is 17.0. The van der Waals surface area contributed by atoms with Crippen LogP contribution in [0.15, 0.2) is 23.8 Å². The molecule has 0 saturated heterocycles. The third kappa shape index (κ3) is 2.95. The summed E-state index contributed by atoms with van der Waals surface area (Å²) < 4.78 is 32.5. The zero-order valence-electron chi connectivity index (χ0n) is 18.3. The number of ketones is 2. The maximum Gasteiger partial charge on any atom is 0.470 e. The summed E-state index contributed by atoms with van der Waals surface area (Å²) in [5.41, 5.74) is -5.88. The van der Waals surface area contributed by atoms with Crippen molar-refractivity contribution in [3.63, 3.8) is 0 Å². The van der Waals surface area contributed by atoms with Crippen LogP contribution in [0.3, 0.4) is 0 Å². The molecule has 0 aliphatic heterocycles. The second-order valence-electron chi connectivity index (χ2n) is 10.4. The quantitative estimate of drug-likeness (QED) is 0.456. The van der Waals surface area contributed by atoms with Crippen molar-refractivity contribution in [1.29, 1.82) is 0 Å². The minimum Gasteiger partial charge on any atom is -0.390 e. The fourth-order valence-corrected chi connectivity index (χ4v) is 7.68. The third-order valence-electron chi connectivity index (χ3n) is 9.01. The van der Waals surface area contributed by atoms with Crippen LogP contribution in [0.1, 0.15) is 46.5 Å². The molecule has 4 aliphatic carbocycles. The molecule has 0 bridgehead atoms. The zero-order valence-corrected chi connectivity index (χ0v) is 19.2. The molecule has 4 N–H and O–H groups in total. The number of phosphoric acid groups is 1. The molecule has 0 aromatic carbocycles. The average Bonchev–Trinajstić information content (AvgIpc) is 2.89. The predicted molar refractivity (Wildman–Crippen MR) is 111 cm³/mol. The van der Waals surface area contributed by atoms with Gasteiger partial charge in [0.05, 0.1) is 6.10 Å². The van der Waals surface area contributed by atoms with Crippen LogP contribution in [-0.2, 0) is 18.7 Å². The molecule has 0 amide bonds. The van der Waals surface area contributed by atoms with Crippen LogP contribution >= 0.6 is 7.82 Å². The van der Waals surface area contributed by atoms with E-state index in [0.717, 1.165) is 0 Å². The van der Waals surface area contributed by atoms with Crippen LogP contribution in [0.25, 0.3) is 0 Å². The lowest BCUT2D eigenvalue weighted by Crippen LogP contribution is -2.69. The Hall–Kier alpha value is -1.22. The summed E-state index contributed by atoms with van der Waals surface area (Å²) in [6.45, 7) is 4.00. The molecule has 0 aromatic heterocycles. The molecular formula is C22H30FO8P. The van der Waals surface area contributed by atoms with Crippen LogP contribution in [0, 0.1) is 28.6 Å². The lowest BCUT2D eigenvalue weighted by atomic mass is 9.44. The Morgan fingerprint density at radius 3 is 2.59 bits per heavy atom. The number of allylic oxidation sites excluding steroid dienone is 4. The number of rotatable bonds is 4. The molecule has 0 heterocycles. The van der Waals surface area contributed by atoms with Gasteiger partial charge >= 0.3 is 7.82 Å². The predicted octanol–water partition coefficient (Wildman–Crippen LogP) is 2.01. The first-order chi connectivity index (χ1) is 14.6. The Bertz CT molecular complexity index is 973. The molecule has 32 heavy (non-hydrogen) atoms. The summed E-state index contributed by atoms with van der Waals surface area (Å²) in [7, 11) is -4.93. The van der Waals surface area contributed by atoms with E-state index in [1.165, 1.54) is 18.2 Å². The molecule has 0 radical (unpaired) electrons. The van der Waals surface area contributed by atoms with E-state index in [4.69, 9.17) is 9.79 Å². The molecule has 3 saturated carbocycles. The van der Waals surface area contributed by atoms with E-state index in [0.29, 0.717) is 24.8 Å². The summed E-state index contributed by atoms with van der Waals surface area (Å²) in [6.07, 6.45) is 3.70. The van der Waals surface area contributed by atoms with Gasteiger partial charge in [-0.2, -0.15) is 0 Å². The number of aliphatic hydroxyl groups is 2.